The number of para-hydroxylation sites is 2. The Balaban J connectivity index is 1.83. The molecule has 0 amide bonds. The highest BCUT2D eigenvalue weighted by atomic mass is 16.5. The van der Waals surface area contributed by atoms with Gasteiger partial charge in [-0.05, 0) is 23.6 Å². The van der Waals surface area contributed by atoms with Gasteiger partial charge < -0.3 is 15.0 Å². The minimum atomic E-state index is -0.444. The van der Waals surface area contributed by atoms with Gasteiger partial charge in [0.2, 0.25) is 0 Å². The number of nitrogens with zero attached hydrogens (tertiary/aromatic N) is 3. The Morgan fingerprint density at radius 2 is 1.63 bits per heavy atom. The zero-order valence-electron chi connectivity index (χ0n) is 17.3. The first-order valence-corrected chi connectivity index (χ1v) is 10.4. The maximum absolute atomic E-state index is 13.0. The highest BCUT2D eigenvalue weighted by molar-refractivity contribution is 6.08. The molecule has 4 rings (SSSR count). The van der Waals surface area contributed by atoms with Gasteiger partial charge in [0.1, 0.15) is 16.9 Å². The van der Waals surface area contributed by atoms with Crippen molar-refractivity contribution in [3.05, 3.63) is 65.7 Å². The fourth-order valence-electron chi connectivity index (χ4n) is 3.63. The highest BCUT2D eigenvalue weighted by Gasteiger charge is 2.25. The van der Waals surface area contributed by atoms with E-state index in [4.69, 9.17) is 20.4 Å². The largest absolute Gasteiger partial charge is 0.462 e. The number of ether oxygens (including phenoxy) is 1. The van der Waals surface area contributed by atoms with Crippen LogP contribution in [0.5, 0.6) is 0 Å². The van der Waals surface area contributed by atoms with Crippen molar-refractivity contribution < 1.29 is 9.53 Å². The lowest BCUT2D eigenvalue weighted by Gasteiger charge is -2.12. The van der Waals surface area contributed by atoms with Crippen molar-refractivity contribution in [1.29, 1.82) is 0 Å². The van der Waals surface area contributed by atoms with E-state index in [1.165, 1.54) is 0 Å². The molecule has 2 aromatic carbocycles. The normalized spacial score (nSPS) is 11.4. The molecule has 0 spiro atoms. The summed E-state index contributed by atoms with van der Waals surface area (Å²) in [5, 5.41) is 0. The molecule has 154 valence electrons. The van der Waals surface area contributed by atoms with Gasteiger partial charge in [-0.25, -0.2) is 14.8 Å². The van der Waals surface area contributed by atoms with Gasteiger partial charge in [0.25, 0.3) is 0 Å². The van der Waals surface area contributed by atoms with Gasteiger partial charge in [-0.3, -0.25) is 0 Å². The Kier molecular flexibility index (Phi) is 5.65. The van der Waals surface area contributed by atoms with E-state index in [1.807, 2.05) is 59.2 Å². The molecular formula is C24H26N4O2. The van der Waals surface area contributed by atoms with Crippen molar-refractivity contribution in [2.45, 2.75) is 33.2 Å². The van der Waals surface area contributed by atoms with E-state index in [9.17, 15) is 4.79 Å². The van der Waals surface area contributed by atoms with Crippen molar-refractivity contribution in [3.8, 4) is 0 Å². The second kappa shape index (κ2) is 8.53. The summed E-state index contributed by atoms with van der Waals surface area (Å²) in [7, 11) is 0. The Morgan fingerprint density at radius 3 is 2.30 bits per heavy atom. The summed E-state index contributed by atoms with van der Waals surface area (Å²) < 4.78 is 7.48. The van der Waals surface area contributed by atoms with Crippen LogP contribution in [0.25, 0.3) is 22.2 Å². The third-order valence-corrected chi connectivity index (χ3v) is 5.58. The number of fused-ring (bicyclic) bond motifs is 2. The summed E-state index contributed by atoms with van der Waals surface area (Å²) in [5.41, 5.74) is 10.4. The number of carbonyl (C=O) groups excluding carboxylic acids is 1. The van der Waals surface area contributed by atoms with Gasteiger partial charge in [0, 0.05) is 0 Å². The van der Waals surface area contributed by atoms with Crippen molar-refractivity contribution in [1.82, 2.24) is 14.5 Å². The summed E-state index contributed by atoms with van der Waals surface area (Å²) in [5.74, 6) is 0.222. The summed E-state index contributed by atoms with van der Waals surface area (Å²) in [4.78, 5) is 22.5. The predicted molar refractivity (Wildman–Crippen MR) is 119 cm³/mol. The third-order valence-electron chi connectivity index (χ3n) is 5.58. The molecule has 6 nitrogen and oxygen atoms in total. The molecule has 0 radical (unpaired) electrons. The molecular weight excluding hydrogens is 376 g/mol. The minimum absolute atomic E-state index is 0.296. The fourth-order valence-corrected chi connectivity index (χ4v) is 3.63. The van der Waals surface area contributed by atoms with Crippen molar-refractivity contribution in [2.24, 2.45) is 5.92 Å². The van der Waals surface area contributed by atoms with Crippen LogP contribution >= 0.6 is 0 Å². The molecule has 0 aliphatic heterocycles. The van der Waals surface area contributed by atoms with Crippen molar-refractivity contribution in [3.63, 3.8) is 0 Å². The molecule has 0 saturated heterocycles. The monoisotopic (exact) mass is 402 g/mol. The van der Waals surface area contributed by atoms with Crippen LogP contribution in [0.1, 0.15) is 42.6 Å². The number of anilines is 1. The number of rotatable bonds is 7. The van der Waals surface area contributed by atoms with Gasteiger partial charge >= 0.3 is 5.97 Å². The number of hydrogen-bond donors (Lipinski definition) is 1. The number of nitrogens with two attached hydrogens (primary N) is 1. The smallest absolute Gasteiger partial charge is 0.344 e. The number of benzene rings is 2. The van der Waals surface area contributed by atoms with Crippen molar-refractivity contribution >= 4 is 34.0 Å². The summed E-state index contributed by atoms with van der Waals surface area (Å²) in [6, 6.07) is 17.6. The Hall–Kier alpha value is -3.41. The Morgan fingerprint density at radius 1 is 1.00 bits per heavy atom. The lowest BCUT2D eigenvalue weighted by atomic mass is 10.1. The highest BCUT2D eigenvalue weighted by Crippen LogP contribution is 2.29. The molecule has 0 unspecified atom stereocenters. The zero-order valence-corrected chi connectivity index (χ0v) is 17.3. The quantitative estimate of drug-likeness (QED) is 0.449. The maximum Gasteiger partial charge on any atom is 0.344 e. The van der Waals surface area contributed by atoms with Crippen LogP contribution in [0.3, 0.4) is 0 Å². The van der Waals surface area contributed by atoms with Gasteiger partial charge in [-0.15, -0.1) is 0 Å². The molecule has 0 aliphatic rings. The van der Waals surface area contributed by atoms with Crippen LogP contribution < -0.4 is 5.73 Å². The van der Waals surface area contributed by atoms with Crippen LogP contribution in [0.4, 0.5) is 5.82 Å². The first-order valence-electron chi connectivity index (χ1n) is 10.4. The second-order valence-corrected chi connectivity index (χ2v) is 7.50. The van der Waals surface area contributed by atoms with Crippen molar-refractivity contribution in [2.75, 3.05) is 12.3 Å². The molecule has 0 bridgehead atoms. The average Bonchev–Trinajstić information content (AvgIpc) is 3.04. The molecule has 0 fully saturated rings. The van der Waals surface area contributed by atoms with E-state index in [1.54, 1.807) is 0 Å². The number of carbonyl (C=O) groups is 1. The van der Waals surface area contributed by atoms with Crippen LogP contribution in [0.2, 0.25) is 0 Å². The van der Waals surface area contributed by atoms with Crippen LogP contribution in [0.15, 0.2) is 54.6 Å². The molecule has 2 aromatic heterocycles. The molecule has 0 atom stereocenters. The SMILES string of the molecule is CCC(CC)COC(=O)c1c(N)n(Cc2ccccc2)c2nc3ccccc3nc12. The van der Waals surface area contributed by atoms with Crippen LogP contribution in [0, 0.1) is 5.92 Å². The van der Waals surface area contributed by atoms with E-state index in [0.29, 0.717) is 41.6 Å². The first kappa shape index (κ1) is 19.9. The summed E-state index contributed by atoms with van der Waals surface area (Å²) in [6.07, 6.45) is 1.92. The van der Waals surface area contributed by atoms with Crippen LogP contribution in [-0.2, 0) is 11.3 Å². The number of hydrogen-bond acceptors (Lipinski definition) is 5. The predicted octanol–water partition coefficient (Wildman–Crippen LogP) is 4.81. The fraction of sp³-hybridized carbons (Fsp3) is 0.292. The molecule has 4 aromatic rings. The van der Waals surface area contributed by atoms with E-state index in [2.05, 4.69) is 13.8 Å². The lowest BCUT2D eigenvalue weighted by Crippen LogP contribution is -2.15. The number of esters is 1. The maximum atomic E-state index is 13.0. The Bertz CT molecular complexity index is 1180. The molecule has 2 N–H and O–H groups in total. The number of aromatic nitrogens is 3. The van der Waals surface area contributed by atoms with E-state index < -0.39 is 5.97 Å². The van der Waals surface area contributed by atoms with Crippen LogP contribution in [-0.4, -0.2) is 27.1 Å². The lowest BCUT2D eigenvalue weighted by molar-refractivity contribution is 0.0436. The molecule has 0 aliphatic carbocycles. The van der Waals surface area contributed by atoms with Gasteiger partial charge in [-0.1, -0.05) is 69.2 Å². The topological polar surface area (TPSA) is 83.0 Å². The minimum Gasteiger partial charge on any atom is -0.462 e. The molecule has 6 heteroatoms. The molecule has 30 heavy (non-hydrogen) atoms. The second-order valence-electron chi connectivity index (χ2n) is 7.50. The average molecular weight is 402 g/mol. The Labute approximate surface area is 175 Å². The third kappa shape index (κ3) is 3.73. The molecule has 0 saturated carbocycles. The zero-order chi connectivity index (χ0) is 21.1. The standard InChI is InChI=1S/C24H26N4O2/c1-3-16(4-2)15-30-24(29)20-21-23(27-19-13-9-8-12-18(19)26-21)28(22(20)25)14-17-10-6-5-7-11-17/h5-13,16H,3-4,14-15,25H2,1-2H3. The number of nitrogen functional groups attached to an aromatic ring is 1. The first-order chi connectivity index (χ1) is 14.6. The van der Waals surface area contributed by atoms with Gasteiger partial charge in [-0.2, -0.15) is 0 Å². The summed E-state index contributed by atoms with van der Waals surface area (Å²) in [6.45, 7) is 5.06. The van der Waals surface area contributed by atoms with E-state index >= 15 is 0 Å². The summed E-state index contributed by atoms with van der Waals surface area (Å²) >= 11 is 0. The van der Waals surface area contributed by atoms with E-state index in [0.717, 1.165) is 29.4 Å². The van der Waals surface area contributed by atoms with E-state index in [-0.39, 0.29) is 0 Å². The molecule has 2 heterocycles. The van der Waals surface area contributed by atoms with Gasteiger partial charge in [0.15, 0.2) is 5.65 Å². The van der Waals surface area contributed by atoms with Gasteiger partial charge in [0.05, 0.1) is 24.2 Å².